The van der Waals surface area contributed by atoms with Crippen molar-refractivity contribution in [2.24, 2.45) is 11.8 Å². The second-order valence-corrected chi connectivity index (χ2v) is 10.3. The number of alkyl halides is 2. The van der Waals surface area contributed by atoms with Crippen LogP contribution in [-0.4, -0.2) is 61.0 Å². The molecule has 0 spiro atoms. The van der Waals surface area contributed by atoms with Gasteiger partial charge in [0.2, 0.25) is 11.8 Å². The number of imide groups is 1. The number of ether oxygens (including phenoxy) is 1. The third-order valence-corrected chi connectivity index (χ3v) is 8.92. The summed E-state index contributed by atoms with van der Waals surface area (Å²) < 4.78 is 5.40. The van der Waals surface area contributed by atoms with Gasteiger partial charge in [0.05, 0.1) is 25.0 Å². The molecule has 7 heteroatoms. The number of benzene rings is 2. The number of hydrogen-bond acceptors (Lipinski definition) is 4. The maximum atomic E-state index is 13.7. The van der Waals surface area contributed by atoms with E-state index in [4.69, 9.17) is 27.9 Å². The van der Waals surface area contributed by atoms with Crippen molar-refractivity contribution in [2.45, 2.75) is 16.2 Å². The highest BCUT2D eigenvalue weighted by molar-refractivity contribution is 6.35. The average Bonchev–Trinajstić information content (AvgIpc) is 3.09. The number of hydrogen-bond donors (Lipinski definition) is 0. The first kappa shape index (κ1) is 20.7. The Bertz CT molecular complexity index is 992. The van der Waals surface area contributed by atoms with Crippen LogP contribution in [0.1, 0.15) is 28.7 Å². The molecule has 5 nitrogen and oxygen atoms in total. The fourth-order valence-electron chi connectivity index (χ4n) is 6.22. The van der Waals surface area contributed by atoms with Gasteiger partial charge in [-0.25, -0.2) is 0 Å². The van der Waals surface area contributed by atoms with Crippen LogP contribution in [0, 0.1) is 11.8 Å². The van der Waals surface area contributed by atoms with E-state index < -0.39 is 21.6 Å². The minimum Gasteiger partial charge on any atom is -0.379 e. The second-order valence-electron chi connectivity index (χ2n) is 9.11. The van der Waals surface area contributed by atoms with Gasteiger partial charge in [-0.2, -0.15) is 0 Å². The number of rotatable bonds is 4. The lowest BCUT2D eigenvalue weighted by atomic mass is 9.54. The molecule has 2 fully saturated rings. The lowest BCUT2D eigenvalue weighted by Crippen LogP contribution is -2.57. The van der Waals surface area contributed by atoms with E-state index in [1.54, 1.807) is 0 Å². The Hall–Kier alpha value is -1.92. The Morgan fingerprint density at radius 1 is 0.781 bits per heavy atom. The van der Waals surface area contributed by atoms with Crippen molar-refractivity contribution in [1.29, 1.82) is 0 Å². The Morgan fingerprint density at radius 2 is 1.22 bits per heavy atom. The van der Waals surface area contributed by atoms with E-state index in [1.165, 1.54) is 4.90 Å². The van der Waals surface area contributed by atoms with Gasteiger partial charge < -0.3 is 4.74 Å². The molecule has 0 unspecified atom stereocenters. The number of carbonyl (C=O) groups excluding carboxylic acids is 2. The Balaban J connectivity index is 1.39. The first-order valence-electron chi connectivity index (χ1n) is 11.2. The van der Waals surface area contributed by atoms with Crippen LogP contribution in [0.25, 0.3) is 0 Å². The van der Waals surface area contributed by atoms with E-state index >= 15 is 0 Å². The van der Waals surface area contributed by atoms with Crippen LogP contribution in [-0.2, 0) is 24.1 Å². The van der Waals surface area contributed by atoms with Crippen LogP contribution in [0.2, 0.25) is 0 Å². The van der Waals surface area contributed by atoms with E-state index in [9.17, 15) is 9.59 Å². The maximum Gasteiger partial charge on any atom is 0.235 e. The van der Waals surface area contributed by atoms with Crippen LogP contribution < -0.4 is 0 Å². The lowest BCUT2D eigenvalue weighted by Gasteiger charge is -2.54. The molecule has 5 aliphatic rings. The van der Waals surface area contributed by atoms with Gasteiger partial charge in [0, 0.05) is 26.2 Å². The van der Waals surface area contributed by atoms with Gasteiger partial charge >= 0.3 is 0 Å². The molecule has 0 saturated carbocycles. The maximum absolute atomic E-state index is 13.7. The van der Waals surface area contributed by atoms with Gasteiger partial charge in [-0.3, -0.25) is 19.4 Å². The minimum absolute atomic E-state index is 0.203. The van der Waals surface area contributed by atoms with Crippen molar-refractivity contribution < 1.29 is 14.3 Å². The fraction of sp³-hybridized carbons (Fsp3) is 0.440. The highest BCUT2D eigenvalue weighted by Crippen LogP contribution is 2.69. The first-order valence-corrected chi connectivity index (χ1v) is 12.0. The van der Waals surface area contributed by atoms with Gasteiger partial charge in [0.25, 0.3) is 0 Å². The Morgan fingerprint density at radius 3 is 1.66 bits per heavy atom. The summed E-state index contributed by atoms with van der Waals surface area (Å²) in [5.74, 6) is -1.82. The summed E-state index contributed by atoms with van der Waals surface area (Å²) >= 11 is 14.8. The van der Waals surface area contributed by atoms with Gasteiger partial charge in [0.1, 0.15) is 9.75 Å². The molecule has 32 heavy (non-hydrogen) atoms. The quantitative estimate of drug-likeness (QED) is 0.508. The molecular weight excluding hydrogens is 447 g/mol. The molecular formula is C25H24Cl2N2O3. The molecule has 2 aromatic rings. The van der Waals surface area contributed by atoms with E-state index in [-0.39, 0.29) is 11.8 Å². The molecule has 0 aromatic heterocycles. The van der Waals surface area contributed by atoms with Gasteiger partial charge in [-0.05, 0) is 28.7 Å². The number of likely N-dealkylation sites (tertiary alicyclic amines) is 1. The number of halogens is 2. The van der Waals surface area contributed by atoms with Crippen molar-refractivity contribution >= 4 is 35.0 Å². The SMILES string of the molecule is O=C1[C@@H]2[C@@H](C(=O)N1CCCN1CCOCC1)C1(Cl)c3ccccc3C2(Cl)c2ccccc21. The minimum atomic E-state index is -1.10. The molecule has 7 rings (SSSR count). The van der Waals surface area contributed by atoms with E-state index in [2.05, 4.69) is 4.90 Å². The zero-order chi connectivity index (χ0) is 22.1. The Labute approximate surface area is 197 Å². The average molecular weight is 471 g/mol. The molecule has 3 aliphatic carbocycles. The van der Waals surface area contributed by atoms with Crippen molar-refractivity contribution in [1.82, 2.24) is 9.80 Å². The van der Waals surface area contributed by atoms with Crippen LogP contribution >= 0.6 is 23.2 Å². The van der Waals surface area contributed by atoms with Crippen LogP contribution in [0.4, 0.5) is 0 Å². The van der Waals surface area contributed by atoms with Crippen molar-refractivity contribution in [2.75, 3.05) is 39.4 Å². The zero-order valence-electron chi connectivity index (χ0n) is 17.6. The lowest BCUT2D eigenvalue weighted by molar-refractivity contribution is -0.140. The van der Waals surface area contributed by atoms with Crippen molar-refractivity contribution in [3.05, 3.63) is 70.8 Å². The smallest absolute Gasteiger partial charge is 0.235 e. The standard InChI is InChI=1S/C25H24Cl2N2O3/c26-24-16-6-1-2-7-17(16)25(27,19-9-4-3-8-18(19)24)21-20(24)22(30)29(23(21)31)11-5-10-28-12-14-32-15-13-28/h1-4,6-9,20-21H,5,10-15H2/t20-,21-,24?,25?/m0/s1. The van der Waals surface area contributed by atoms with E-state index in [0.29, 0.717) is 6.54 Å². The molecule has 2 aromatic carbocycles. The van der Waals surface area contributed by atoms with Crippen LogP contribution in [0.3, 0.4) is 0 Å². The Kier molecular flexibility index (Phi) is 4.71. The molecule has 2 atom stereocenters. The summed E-state index contributed by atoms with van der Waals surface area (Å²) in [6.07, 6.45) is 0.724. The van der Waals surface area contributed by atoms with E-state index in [1.807, 2.05) is 48.5 Å². The monoisotopic (exact) mass is 470 g/mol. The highest BCUT2D eigenvalue weighted by Gasteiger charge is 2.72. The van der Waals surface area contributed by atoms with Gasteiger partial charge in [-0.15, -0.1) is 23.2 Å². The molecule has 2 aliphatic heterocycles. The summed E-state index contributed by atoms with van der Waals surface area (Å²) in [5.41, 5.74) is 3.36. The molecule has 0 radical (unpaired) electrons. The summed E-state index contributed by atoms with van der Waals surface area (Å²) in [4.78, 5) is 29.0. The molecule has 2 bridgehead atoms. The predicted molar refractivity (Wildman–Crippen MR) is 122 cm³/mol. The third kappa shape index (κ3) is 2.54. The van der Waals surface area contributed by atoms with E-state index in [0.717, 1.165) is 61.5 Å². The van der Waals surface area contributed by atoms with Gasteiger partial charge in [-0.1, -0.05) is 48.5 Å². The highest BCUT2D eigenvalue weighted by atomic mass is 35.5. The van der Waals surface area contributed by atoms with Crippen LogP contribution in [0.5, 0.6) is 0 Å². The normalized spacial score (nSPS) is 33.2. The summed E-state index contributed by atoms with van der Waals surface area (Å²) in [6, 6.07) is 15.5. The summed E-state index contributed by atoms with van der Waals surface area (Å²) in [5, 5.41) is 0. The number of carbonyl (C=O) groups is 2. The number of nitrogens with zero attached hydrogens (tertiary/aromatic N) is 2. The molecule has 2 amide bonds. The molecule has 166 valence electrons. The van der Waals surface area contributed by atoms with Crippen molar-refractivity contribution in [3.8, 4) is 0 Å². The molecule has 0 N–H and O–H groups in total. The fourth-order valence-corrected chi connectivity index (χ4v) is 7.32. The topological polar surface area (TPSA) is 49.9 Å². The van der Waals surface area contributed by atoms with Crippen LogP contribution in [0.15, 0.2) is 48.5 Å². The number of morpholine rings is 1. The summed E-state index contributed by atoms with van der Waals surface area (Å²) in [7, 11) is 0. The summed E-state index contributed by atoms with van der Waals surface area (Å²) in [6.45, 7) is 4.43. The first-order chi connectivity index (χ1) is 15.5. The predicted octanol–water partition coefficient (Wildman–Crippen LogP) is 3.30. The number of amides is 2. The second kappa shape index (κ2) is 7.29. The van der Waals surface area contributed by atoms with Crippen molar-refractivity contribution in [3.63, 3.8) is 0 Å². The molecule has 2 heterocycles. The van der Waals surface area contributed by atoms with Gasteiger partial charge in [0.15, 0.2) is 0 Å². The third-order valence-electron chi connectivity index (χ3n) is 7.64. The zero-order valence-corrected chi connectivity index (χ0v) is 19.1. The largest absolute Gasteiger partial charge is 0.379 e. The molecule has 2 saturated heterocycles.